The molecule has 1 N–H and O–H groups in total. The summed E-state index contributed by atoms with van der Waals surface area (Å²) in [5.74, 6) is -0.254. The SMILES string of the molecule is N#Cc1ccc(-c2ncc3sc(-c4ccc(C(=O)O)cc4)nn23)cc1. The van der Waals surface area contributed by atoms with Gasteiger partial charge in [-0.2, -0.15) is 10.4 Å². The second kappa shape index (κ2) is 5.85. The number of carboxylic acid groups (broad SMARTS) is 1. The van der Waals surface area contributed by atoms with Gasteiger partial charge in [-0.1, -0.05) is 23.5 Å². The molecule has 2 aromatic heterocycles. The van der Waals surface area contributed by atoms with Crippen LogP contribution >= 0.6 is 11.3 Å². The fourth-order valence-corrected chi connectivity index (χ4v) is 3.36. The topological polar surface area (TPSA) is 91.3 Å². The Balaban J connectivity index is 1.75. The van der Waals surface area contributed by atoms with Crippen LogP contribution in [0.2, 0.25) is 0 Å². The lowest BCUT2D eigenvalue weighted by molar-refractivity contribution is 0.0697. The van der Waals surface area contributed by atoms with E-state index >= 15 is 0 Å². The van der Waals surface area contributed by atoms with Crippen molar-refractivity contribution < 1.29 is 9.90 Å². The zero-order chi connectivity index (χ0) is 17.4. The van der Waals surface area contributed by atoms with E-state index in [4.69, 9.17) is 10.4 Å². The summed E-state index contributed by atoms with van der Waals surface area (Å²) in [5, 5.41) is 23.3. The Hall–Kier alpha value is -3.50. The molecule has 7 heteroatoms. The molecule has 0 bridgehead atoms. The van der Waals surface area contributed by atoms with Crippen molar-refractivity contribution in [3.63, 3.8) is 0 Å². The number of imidazole rings is 1. The number of fused-ring (bicyclic) bond motifs is 1. The van der Waals surface area contributed by atoms with Crippen molar-refractivity contribution in [3.05, 3.63) is 65.9 Å². The Morgan fingerprint density at radius 1 is 1.08 bits per heavy atom. The van der Waals surface area contributed by atoms with Gasteiger partial charge < -0.3 is 5.11 Å². The van der Waals surface area contributed by atoms with Crippen LogP contribution in [0.5, 0.6) is 0 Å². The van der Waals surface area contributed by atoms with Crippen molar-refractivity contribution in [1.29, 1.82) is 5.26 Å². The minimum Gasteiger partial charge on any atom is -0.478 e. The predicted octanol–water partition coefficient (Wildman–Crippen LogP) is 3.69. The normalized spacial score (nSPS) is 10.7. The molecule has 6 nitrogen and oxygen atoms in total. The number of rotatable bonds is 3. The van der Waals surface area contributed by atoms with Crippen LogP contribution in [0.4, 0.5) is 0 Å². The molecule has 0 saturated heterocycles. The smallest absolute Gasteiger partial charge is 0.335 e. The van der Waals surface area contributed by atoms with E-state index in [0.717, 1.165) is 21.0 Å². The van der Waals surface area contributed by atoms with Crippen LogP contribution in [0.1, 0.15) is 15.9 Å². The molecule has 0 aliphatic heterocycles. The van der Waals surface area contributed by atoms with Crippen LogP contribution in [0, 0.1) is 11.3 Å². The monoisotopic (exact) mass is 346 g/mol. The predicted molar refractivity (Wildman–Crippen MR) is 93.4 cm³/mol. The van der Waals surface area contributed by atoms with E-state index in [2.05, 4.69) is 16.2 Å². The summed E-state index contributed by atoms with van der Waals surface area (Å²) in [6.07, 6.45) is 1.75. The molecule has 0 aliphatic rings. The molecule has 2 heterocycles. The molecule has 0 spiro atoms. The van der Waals surface area contributed by atoms with Gasteiger partial charge in [0.2, 0.25) is 0 Å². The lowest BCUT2D eigenvalue weighted by Gasteiger charge is -1.99. The maximum atomic E-state index is 11.0. The van der Waals surface area contributed by atoms with Crippen molar-refractivity contribution in [2.45, 2.75) is 0 Å². The third-order valence-corrected chi connectivity index (χ3v) is 4.75. The second-order valence-electron chi connectivity index (χ2n) is 5.31. The summed E-state index contributed by atoms with van der Waals surface area (Å²) >= 11 is 1.48. The fraction of sp³-hybridized carbons (Fsp3) is 0. The minimum atomic E-state index is -0.953. The molecule has 0 fully saturated rings. The first-order chi connectivity index (χ1) is 12.2. The van der Waals surface area contributed by atoms with Gasteiger partial charge in [0.25, 0.3) is 0 Å². The molecule has 0 amide bonds. The van der Waals surface area contributed by atoms with Gasteiger partial charge in [-0.05, 0) is 36.4 Å². The number of carboxylic acids is 1. The Labute approximate surface area is 146 Å². The van der Waals surface area contributed by atoms with Crippen molar-refractivity contribution in [3.8, 4) is 28.0 Å². The standard InChI is InChI=1S/C18H10N4O2S/c19-9-11-1-3-12(4-2-11)16-20-10-15-22(16)21-17(25-15)13-5-7-14(8-6-13)18(23)24/h1-8,10H,(H,23,24). The summed E-state index contributed by atoms with van der Waals surface area (Å²) < 4.78 is 1.76. The largest absolute Gasteiger partial charge is 0.478 e. The Bertz CT molecular complexity index is 1120. The molecule has 0 atom stereocenters. The molecule has 4 rings (SSSR count). The average Bonchev–Trinajstić information content (AvgIpc) is 3.22. The van der Waals surface area contributed by atoms with Gasteiger partial charge >= 0.3 is 5.97 Å². The van der Waals surface area contributed by atoms with Crippen LogP contribution in [0.15, 0.2) is 54.7 Å². The first-order valence-corrected chi connectivity index (χ1v) is 8.16. The van der Waals surface area contributed by atoms with Gasteiger partial charge in [0.15, 0.2) is 5.82 Å². The van der Waals surface area contributed by atoms with Gasteiger partial charge in [-0.3, -0.25) is 0 Å². The molecular formula is C18H10N4O2S. The third-order valence-electron chi connectivity index (χ3n) is 3.75. The third kappa shape index (κ3) is 2.65. The van der Waals surface area contributed by atoms with E-state index in [0.29, 0.717) is 11.4 Å². The summed E-state index contributed by atoms with van der Waals surface area (Å²) in [6, 6.07) is 15.9. The number of hydrogen-bond donors (Lipinski definition) is 1. The van der Waals surface area contributed by atoms with Crippen molar-refractivity contribution in [2.24, 2.45) is 0 Å². The second-order valence-corrected chi connectivity index (χ2v) is 6.32. The van der Waals surface area contributed by atoms with Crippen LogP contribution in [0.25, 0.3) is 26.8 Å². The van der Waals surface area contributed by atoms with E-state index in [-0.39, 0.29) is 5.56 Å². The number of nitrogens with zero attached hydrogens (tertiary/aromatic N) is 4. The highest BCUT2D eigenvalue weighted by Crippen LogP contribution is 2.29. The molecule has 120 valence electrons. The summed E-state index contributed by atoms with van der Waals surface area (Å²) in [5.41, 5.74) is 2.56. The number of aromatic nitrogens is 3. The Kier molecular flexibility index (Phi) is 3.52. The molecule has 4 aromatic rings. The van der Waals surface area contributed by atoms with Gasteiger partial charge in [0.05, 0.1) is 23.4 Å². The Morgan fingerprint density at radius 2 is 1.76 bits per heavy atom. The number of benzene rings is 2. The molecule has 25 heavy (non-hydrogen) atoms. The Morgan fingerprint density at radius 3 is 2.40 bits per heavy atom. The van der Waals surface area contributed by atoms with Crippen molar-refractivity contribution >= 4 is 22.1 Å². The van der Waals surface area contributed by atoms with E-state index in [1.54, 1.807) is 47.1 Å². The van der Waals surface area contributed by atoms with Crippen molar-refractivity contribution in [2.75, 3.05) is 0 Å². The highest BCUT2D eigenvalue weighted by Gasteiger charge is 2.13. The highest BCUT2D eigenvalue weighted by molar-refractivity contribution is 7.20. The zero-order valence-electron chi connectivity index (χ0n) is 12.7. The van der Waals surface area contributed by atoms with Crippen LogP contribution in [-0.4, -0.2) is 25.7 Å². The lowest BCUT2D eigenvalue weighted by atomic mass is 10.1. The average molecular weight is 346 g/mol. The molecule has 0 radical (unpaired) electrons. The maximum absolute atomic E-state index is 11.0. The quantitative estimate of drug-likeness (QED) is 0.611. The van der Waals surface area contributed by atoms with Gasteiger partial charge in [0.1, 0.15) is 9.84 Å². The fourth-order valence-electron chi connectivity index (χ4n) is 2.47. The molecular weight excluding hydrogens is 336 g/mol. The van der Waals surface area contributed by atoms with Crippen LogP contribution in [0.3, 0.4) is 0 Å². The number of carbonyl (C=O) groups is 1. The summed E-state index contributed by atoms with van der Waals surface area (Å²) in [4.78, 5) is 16.2. The van der Waals surface area contributed by atoms with Gasteiger partial charge in [-0.15, -0.1) is 0 Å². The molecule has 0 aliphatic carbocycles. The van der Waals surface area contributed by atoms with Gasteiger partial charge in [0, 0.05) is 11.1 Å². The highest BCUT2D eigenvalue weighted by atomic mass is 32.1. The number of hydrogen-bond acceptors (Lipinski definition) is 5. The zero-order valence-corrected chi connectivity index (χ0v) is 13.6. The number of aromatic carboxylic acids is 1. The minimum absolute atomic E-state index is 0.242. The van der Waals surface area contributed by atoms with E-state index in [1.165, 1.54) is 11.3 Å². The van der Waals surface area contributed by atoms with E-state index in [9.17, 15) is 4.79 Å². The molecule has 0 saturated carbocycles. The lowest BCUT2D eigenvalue weighted by Crippen LogP contribution is -1.95. The van der Waals surface area contributed by atoms with Gasteiger partial charge in [-0.25, -0.2) is 14.3 Å². The molecule has 0 unspecified atom stereocenters. The first kappa shape index (κ1) is 15.1. The molecule has 2 aromatic carbocycles. The van der Waals surface area contributed by atoms with E-state index in [1.807, 2.05) is 12.1 Å². The summed E-state index contributed by atoms with van der Waals surface area (Å²) in [6.45, 7) is 0. The van der Waals surface area contributed by atoms with Crippen LogP contribution in [-0.2, 0) is 0 Å². The first-order valence-electron chi connectivity index (χ1n) is 7.34. The van der Waals surface area contributed by atoms with E-state index < -0.39 is 5.97 Å². The maximum Gasteiger partial charge on any atom is 0.335 e. The van der Waals surface area contributed by atoms with Crippen LogP contribution < -0.4 is 0 Å². The van der Waals surface area contributed by atoms with Crippen molar-refractivity contribution in [1.82, 2.24) is 14.6 Å². The summed E-state index contributed by atoms with van der Waals surface area (Å²) in [7, 11) is 0. The number of nitriles is 1.